The van der Waals surface area contributed by atoms with Crippen molar-refractivity contribution >= 4 is 17.7 Å². The van der Waals surface area contributed by atoms with E-state index >= 15 is 0 Å². The van der Waals surface area contributed by atoms with Crippen LogP contribution in [0, 0.1) is 0 Å². The largest absolute Gasteiger partial charge is 0.480 e. The van der Waals surface area contributed by atoms with Crippen molar-refractivity contribution in [3.63, 3.8) is 0 Å². The Hall–Kier alpha value is -1.28. The van der Waals surface area contributed by atoms with Crippen LogP contribution in [0.1, 0.15) is 12.0 Å². The van der Waals surface area contributed by atoms with Gasteiger partial charge in [0.1, 0.15) is 6.04 Å². The fourth-order valence-electron chi connectivity index (χ4n) is 1.05. The minimum atomic E-state index is -4.40. The summed E-state index contributed by atoms with van der Waals surface area (Å²) in [6.07, 6.45) is -3.43. The molecule has 1 atom stereocenters. The third-order valence-corrected chi connectivity index (χ3v) is 3.04. The Morgan fingerprint density at radius 2 is 2.17 bits per heavy atom. The lowest BCUT2D eigenvalue weighted by Gasteiger charge is -2.07. The summed E-state index contributed by atoms with van der Waals surface area (Å²) >= 11 is 1.16. The third kappa shape index (κ3) is 4.53. The standard InChI is InChI=1S/C10H11F3N2O2S/c11-10(12,13)6-1-2-8(15-5-6)18-4-3-7(14)9(16)17/h1-2,5,7H,3-4,14H2,(H,16,17). The maximum atomic E-state index is 12.2. The normalized spacial score (nSPS) is 13.3. The number of hydrogen-bond donors (Lipinski definition) is 2. The number of nitrogens with two attached hydrogens (primary N) is 1. The summed E-state index contributed by atoms with van der Waals surface area (Å²) in [6, 6.07) is 1.22. The average molecular weight is 280 g/mol. The van der Waals surface area contributed by atoms with Gasteiger partial charge in [0.15, 0.2) is 0 Å². The summed E-state index contributed by atoms with van der Waals surface area (Å²) in [5.74, 6) is -0.720. The molecule has 0 saturated carbocycles. The second kappa shape index (κ2) is 6.05. The fraction of sp³-hybridized carbons (Fsp3) is 0.400. The van der Waals surface area contributed by atoms with Gasteiger partial charge < -0.3 is 10.8 Å². The highest BCUT2D eigenvalue weighted by Gasteiger charge is 2.30. The van der Waals surface area contributed by atoms with Crippen LogP contribution < -0.4 is 5.73 Å². The van der Waals surface area contributed by atoms with Crippen molar-refractivity contribution in [1.82, 2.24) is 4.98 Å². The van der Waals surface area contributed by atoms with Crippen LogP contribution >= 0.6 is 11.8 Å². The molecule has 0 aliphatic carbocycles. The number of hydrogen-bond acceptors (Lipinski definition) is 4. The van der Waals surface area contributed by atoms with Gasteiger partial charge in [-0.1, -0.05) is 0 Å². The van der Waals surface area contributed by atoms with Gasteiger partial charge in [-0.05, 0) is 18.6 Å². The number of rotatable bonds is 5. The number of halogens is 3. The first-order valence-corrected chi connectivity index (χ1v) is 5.93. The molecule has 1 heterocycles. The van der Waals surface area contributed by atoms with E-state index in [4.69, 9.17) is 10.8 Å². The molecule has 0 bridgehead atoms. The summed E-state index contributed by atoms with van der Waals surface area (Å²) in [5, 5.41) is 8.93. The van der Waals surface area contributed by atoms with Crippen molar-refractivity contribution in [2.45, 2.75) is 23.7 Å². The zero-order valence-electron chi connectivity index (χ0n) is 9.15. The number of carboxylic acids is 1. The van der Waals surface area contributed by atoms with Crippen molar-refractivity contribution < 1.29 is 23.1 Å². The van der Waals surface area contributed by atoms with Crippen LogP contribution in [0.15, 0.2) is 23.4 Å². The van der Waals surface area contributed by atoms with Crippen LogP contribution in [0.5, 0.6) is 0 Å². The van der Waals surface area contributed by atoms with E-state index in [-0.39, 0.29) is 6.42 Å². The van der Waals surface area contributed by atoms with E-state index in [0.717, 1.165) is 24.0 Å². The Bertz CT molecular complexity index is 409. The van der Waals surface area contributed by atoms with Gasteiger partial charge in [0.2, 0.25) is 0 Å². The van der Waals surface area contributed by atoms with Crippen molar-refractivity contribution in [3.05, 3.63) is 23.9 Å². The van der Waals surface area contributed by atoms with Gasteiger partial charge in [-0.2, -0.15) is 13.2 Å². The van der Waals surface area contributed by atoms with Gasteiger partial charge in [-0.25, -0.2) is 4.98 Å². The van der Waals surface area contributed by atoms with E-state index in [9.17, 15) is 18.0 Å². The Labute approximate surface area is 105 Å². The minimum absolute atomic E-state index is 0.225. The minimum Gasteiger partial charge on any atom is -0.480 e. The predicted octanol–water partition coefficient (Wildman–Crippen LogP) is 1.99. The summed E-state index contributed by atoms with van der Waals surface area (Å²) < 4.78 is 36.7. The van der Waals surface area contributed by atoms with Gasteiger partial charge >= 0.3 is 12.1 Å². The first-order chi connectivity index (χ1) is 8.30. The molecule has 0 aromatic carbocycles. The molecule has 0 aliphatic rings. The molecule has 1 aromatic rings. The predicted molar refractivity (Wildman–Crippen MR) is 60.2 cm³/mol. The molecule has 8 heteroatoms. The number of nitrogens with zero attached hydrogens (tertiary/aromatic N) is 1. The van der Waals surface area contributed by atoms with Crippen LogP contribution in [-0.2, 0) is 11.0 Å². The van der Waals surface area contributed by atoms with E-state index in [0.29, 0.717) is 10.8 Å². The molecule has 3 N–H and O–H groups in total. The number of aromatic nitrogens is 1. The maximum absolute atomic E-state index is 12.2. The third-order valence-electron chi connectivity index (χ3n) is 2.06. The van der Waals surface area contributed by atoms with Gasteiger partial charge in [-0.15, -0.1) is 11.8 Å². The topological polar surface area (TPSA) is 76.2 Å². The molecule has 1 aromatic heterocycles. The lowest BCUT2D eigenvalue weighted by molar-refractivity contribution is -0.139. The van der Waals surface area contributed by atoms with Crippen LogP contribution in [0.3, 0.4) is 0 Å². The molecule has 1 unspecified atom stereocenters. The molecule has 0 aliphatic heterocycles. The highest BCUT2D eigenvalue weighted by Crippen LogP contribution is 2.29. The molecule has 0 radical (unpaired) electrons. The van der Waals surface area contributed by atoms with Crippen molar-refractivity contribution in [2.24, 2.45) is 5.73 Å². The average Bonchev–Trinajstić information content (AvgIpc) is 2.28. The van der Waals surface area contributed by atoms with Crippen LogP contribution in [0.4, 0.5) is 13.2 Å². The monoisotopic (exact) mass is 280 g/mol. The summed E-state index contributed by atoms with van der Waals surface area (Å²) in [4.78, 5) is 14.1. The molecule has 1 rings (SSSR count). The first kappa shape index (κ1) is 14.8. The number of thioether (sulfide) groups is 1. The Morgan fingerprint density at radius 3 is 2.61 bits per heavy atom. The van der Waals surface area contributed by atoms with Crippen molar-refractivity contribution in [2.75, 3.05) is 5.75 Å². The SMILES string of the molecule is NC(CCSc1ccc(C(F)(F)F)cn1)C(=O)O. The number of pyridine rings is 1. The zero-order chi connectivity index (χ0) is 13.8. The molecular formula is C10H11F3N2O2S. The number of carbonyl (C=O) groups is 1. The second-order valence-electron chi connectivity index (χ2n) is 3.46. The number of aliphatic carboxylic acids is 1. The van der Waals surface area contributed by atoms with Crippen LogP contribution in [0.25, 0.3) is 0 Å². The highest BCUT2D eigenvalue weighted by molar-refractivity contribution is 7.99. The quantitative estimate of drug-likeness (QED) is 0.807. The molecule has 18 heavy (non-hydrogen) atoms. The van der Waals surface area contributed by atoms with Gasteiger partial charge in [-0.3, -0.25) is 4.79 Å². The fourth-order valence-corrected chi connectivity index (χ4v) is 1.92. The Morgan fingerprint density at radius 1 is 1.50 bits per heavy atom. The Balaban J connectivity index is 2.47. The maximum Gasteiger partial charge on any atom is 0.417 e. The highest BCUT2D eigenvalue weighted by atomic mass is 32.2. The Kier molecular flexibility index (Phi) is 4.97. The van der Waals surface area contributed by atoms with Gasteiger partial charge in [0.05, 0.1) is 10.6 Å². The smallest absolute Gasteiger partial charge is 0.417 e. The number of alkyl halides is 3. The molecule has 4 nitrogen and oxygen atoms in total. The first-order valence-electron chi connectivity index (χ1n) is 4.95. The summed E-state index contributed by atoms with van der Waals surface area (Å²) in [6.45, 7) is 0. The van der Waals surface area contributed by atoms with E-state index in [1.54, 1.807) is 0 Å². The van der Waals surface area contributed by atoms with Gasteiger partial charge in [0, 0.05) is 11.9 Å². The van der Waals surface area contributed by atoms with Gasteiger partial charge in [0.25, 0.3) is 0 Å². The molecule has 0 spiro atoms. The lowest BCUT2D eigenvalue weighted by Crippen LogP contribution is -2.30. The molecule has 0 fully saturated rings. The molecular weight excluding hydrogens is 269 g/mol. The second-order valence-corrected chi connectivity index (χ2v) is 4.58. The van der Waals surface area contributed by atoms with E-state index < -0.39 is 23.8 Å². The van der Waals surface area contributed by atoms with Crippen molar-refractivity contribution in [3.8, 4) is 0 Å². The van der Waals surface area contributed by atoms with E-state index in [1.165, 1.54) is 6.07 Å². The number of carboxylic acid groups (broad SMARTS) is 1. The zero-order valence-corrected chi connectivity index (χ0v) is 9.96. The lowest BCUT2D eigenvalue weighted by atomic mass is 10.2. The molecule has 0 saturated heterocycles. The van der Waals surface area contributed by atoms with E-state index in [1.807, 2.05) is 0 Å². The van der Waals surface area contributed by atoms with Crippen LogP contribution in [-0.4, -0.2) is 27.9 Å². The van der Waals surface area contributed by atoms with E-state index in [2.05, 4.69) is 4.98 Å². The van der Waals surface area contributed by atoms with Crippen molar-refractivity contribution in [1.29, 1.82) is 0 Å². The van der Waals surface area contributed by atoms with Crippen LogP contribution in [0.2, 0.25) is 0 Å². The summed E-state index contributed by atoms with van der Waals surface area (Å²) in [7, 11) is 0. The summed E-state index contributed by atoms with van der Waals surface area (Å²) in [5.41, 5.74) is 4.47. The molecule has 100 valence electrons. The molecule has 0 amide bonds.